The molecule has 2 aliphatic heterocycles. The van der Waals surface area contributed by atoms with Crippen LogP contribution >= 0.6 is 0 Å². The summed E-state index contributed by atoms with van der Waals surface area (Å²) >= 11 is 0. The quantitative estimate of drug-likeness (QED) is 0.261. The third-order valence-electron chi connectivity index (χ3n) is 8.35. The summed E-state index contributed by atoms with van der Waals surface area (Å²) in [4.78, 5) is 2.51. The molecular formula is C34H37N3O3. The first-order chi connectivity index (χ1) is 19.4. The molecule has 4 aromatic rings. The second-order valence-corrected chi connectivity index (χ2v) is 11.3. The van der Waals surface area contributed by atoms with Crippen molar-refractivity contribution < 1.29 is 14.6 Å². The number of rotatable bonds is 7. The van der Waals surface area contributed by atoms with E-state index in [1.807, 2.05) is 43.5 Å². The lowest BCUT2D eigenvalue weighted by atomic mass is 9.85. The van der Waals surface area contributed by atoms with Gasteiger partial charge in [0.15, 0.2) is 0 Å². The summed E-state index contributed by atoms with van der Waals surface area (Å²) in [5.41, 5.74) is 8.32. The van der Waals surface area contributed by atoms with Crippen LogP contribution in [0.15, 0.2) is 72.9 Å². The number of aryl methyl sites for hydroxylation is 1. The summed E-state index contributed by atoms with van der Waals surface area (Å²) < 4.78 is 13.0. The summed E-state index contributed by atoms with van der Waals surface area (Å²) in [6.45, 7) is 11.7. The maximum Gasteiger partial charge on any atom is 0.150 e. The largest absolute Gasteiger partial charge is 0.508 e. The van der Waals surface area contributed by atoms with Crippen molar-refractivity contribution in [3.63, 3.8) is 0 Å². The maximum absolute atomic E-state index is 10.3. The number of allylic oxidation sites excluding steroid dienone is 1. The molecule has 2 aliphatic rings. The van der Waals surface area contributed by atoms with Crippen LogP contribution in [0.3, 0.4) is 0 Å². The van der Waals surface area contributed by atoms with Crippen LogP contribution in [0.5, 0.6) is 17.2 Å². The van der Waals surface area contributed by atoms with Crippen molar-refractivity contribution in [3.8, 4) is 28.4 Å². The standard InChI is InChI=1S/C34H37N3O3/c1-21-14-15-37(19-21)22(2)20-39-29-11-8-25(9-12-29)34-33(27-6-5-7-28(38)16-27)23(3)30-13-10-26(17-32(30)40-34)31-18-35-36-24(31)4/h5-13,16-18,21-22,34,38H,14-15,19-20H2,1-4H3,(H,35,36). The van der Waals surface area contributed by atoms with E-state index in [2.05, 4.69) is 66.2 Å². The average Bonchev–Trinajstić information content (AvgIpc) is 3.59. The van der Waals surface area contributed by atoms with Crippen LogP contribution in [-0.2, 0) is 0 Å². The predicted octanol–water partition coefficient (Wildman–Crippen LogP) is 7.26. The van der Waals surface area contributed by atoms with Crippen LogP contribution in [0.2, 0.25) is 0 Å². The maximum atomic E-state index is 10.3. The van der Waals surface area contributed by atoms with Gasteiger partial charge in [-0.3, -0.25) is 10.00 Å². The molecule has 1 aromatic heterocycles. The molecule has 0 aliphatic carbocycles. The zero-order valence-electron chi connectivity index (χ0n) is 23.6. The Balaban J connectivity index is 1.31. The minimum Gasteiger partial charge on any atom is -0.508 e. The highest BCUT2D eigenvalue weighted by molar-refractivity contribution is 5.96. The number of H-pyrrole nitrogens is 1. The van der Waals surface area contributed by atoms with Crippen LogP contribution in [0.25, 0.3) is 22.3 Å². The Hall–Kier alpha value is -4.03. The molecule has 0 amide bonds. The van der Waals surface area contributed by atoms with Gasteiger partial charge in [-0.25, -0.2) is 0 Å². The number of hydrogen-bond acceptors (Lipinski definition) is 5. The van der Waals surface area contributed by atoms with E-state index in [4.69, 9.17) is 9.47 Å². The van der Waals surface area contributed by atoms with Crippen LogP contribution in [0.1, 0.15) is 55.7 Å². The lowest BCUT2D eigenvalue weighted by molar-refractivity contribution is 0.169. The van der Waals surface area contributed by atoms with Gasteiger partial charge in [0.1, 0.15) is 30.0 Å². The molecule has 6 heteroatoms. The molecule has 0 bridgehead atoms. The van der Waals surface area contributed by atoms with Crippen molar-refractivity contribution in [1.82, 2.24) is 15.1 Å². The average molecular weight is 536 g/mol. The molecule has 206 valence electrons. The van der Waals surface area contributed by atoms with Gasteiger partial charge in [-0.05, 0) is 92.2 Å². The van der Waals surface area contributed by atoms with Gasteiger partial charge in [-0.2, -0.15) is 5.10 Å². The zero-order valence-corrected chi connectivity index (χ0v) is 23.6. The van der Waals surface area contributed by atoms with E-state index in [0.717, 1.165) is 75.2 Å². The number of phenols is 1. The second-order valence-electron chi connectivity index (χ2n) is 11.3. The molecule has 6 rings (SSSR count). The molecule has 1 fully saturated rings. The molecule has 6 nitrogen and oxygen atoms in total. The van der Waals surface area contributed by atoms with Gasteiger partial charge < -0.3 is 14.6 Å². The van der Waals surface area contributed by atoms with E-state index in [9.17, 15) is 5.11 Å². The number of aromatic hydroxyl groups is 1. The van der Waals surface area contributed by atoms with Gasteiger partial charge in [0.05, 0.1) is 6.20 Å². The van der Waals surface area contributed by atoms with Crippen LogP contribution < -0.4 is 9.47 Å². The number of ether oxygens (including phenoxy) is 2. The molecule has 0 radical (unpaired) electrons. The fourth-order valence-corrected chi connectivity index (χ4v) is 5.97. The van der Waals surface area contributed by atoms with Gasteiger partial charge in [0.25, 0.3) is 0 Å². The Labute approximate surface area is 236 Å². The topological polar surface area (TPSA) is 70.6 Å². The minimum atomic E-state index is -0.339. The third kappa shape index (κ3) is 5.11. The third-order valence-corrected chi connectivity index (χ3v) is 8.35. The summed E-state index contributed by atoms with van der Waals surface area (Å²) in [6.07, 6.45) is 2.78. The molecule has 3 unspecified atom stereocenters. The second kappa shape index (κ2) is 10.9. The first-order valence-corrected chi connectivity index (χ1v) is 14.2. The van der Waals surface area contributed by atoms with Crippen molar-refractivity contribution in [3.05, 3.63) is 95.3 Å². The van der Waals surface area contributed by atoms with Crippen LogP contribution in [0, 0.1) is 12.8 Å². The number of aromatic nitrogens is 2. The van der Waals surface area contributed by atoms with Gasteiger partial charge in [0, 0.05) is 35.0 Å². The number of aromatic amines is 1. The summed E-state index contributed by atoms with van der Waals surface area (Å²) in [5, 5.41) is 17.5. The van der Waals surface area contributed by atoms with Crippen molar-refractivity contribution in [2.45, 2.75) is 46.3 Å². The van der Waals surface area contributed by atoms with E-state index < -0.39 is 0 Å². The highest BCUT2D eigenvalue weighted by Crippen LogP contribution is 2.48. The van der Waals surface area contributed by atoms with E-state index in [1.54, 1.807) is 6.07 Å². The van der Waals surface area contributed by atoms with Gasteiger partial charge >= 0.3 is 0 Å². The fourth-order valence-electron chi connectivity index (χ4n) is 5.97. The Morgan fingerprint density at radius 2 is 1.88 bits per heavy atom. The van der Waals surface area contributed by atoms with Crippen molar-refractivity contribution in [2.75, 3.05) is 19.7 Å². The van der Waals surface area contributed by atoms with E-state index in [0.29, 0.717) is 12.6 Å². The summed E-state index contributed by atoms with van der Waals surface area (Å²) in [5.74, 6) is 2.69. The Kier molecular flexibility index (Phi) is 7.11. The SMILES string of the molecule is CC1=C(c2cccc(O)c2)C(c2ccc(OCC(C)N3CCC(C)C3)cc2)Oc2cc(-c3cn[nH]c3C)ccc21. The molecule has 1 saturated heterocycles. The highest BCUT2D eigenvalue weighted by atomic mass is 16.5. The molecule has 0 saturated carbocycles. The number of likely N-dealkylation sites (tertiary alicyclic amines) is 1. The number of phenolic OH excluding ortho intramolecular Hbond substituents is 1. The van der Waals surface area contributed by atoms with Crippen LogP contribution in [0.4, 0.5) is 0 Å². The number of nitrogens with one attached hydrogen (secondary N) is 1. The van der Waals surface area contributed by atoms with Gasteiger partial charge in [-0.15, -0.1) is 0 Å². The molecule has 3 heterocycles. The Morgan fingerprint density at radius 1 is 1.05 bits per heavy atom. The smallest absolute Gasteiger partial charge is 0.150 e. The monoisotopic (exact) mass is 535 g/mol. The van der Waals surface area contributed by atoms with Gasteiger partial charge in [-0.1, -0.05) is 43.3 Å². The molecule has 3 atom stereocenters. The zero-order chi connectivity index (χ0) is 27.8. The van der Waals surface area contributed by atoms with E-state index >= 15 is 0 Å². The van der Waals surface area contributed by atoms with Crippen molar-refractivity contribution in [2.24, 2.45) is 5.92 Å². The number of hydrogen-bond donors (Lipinski definition) is 2. The van der Waals surface area contributed by atoms with E-state index in [-0.39, 0.29) is 11.9 Å². The highest BCUT2D eigenvalue weighted by Gasteiger charge is 2.30. The first-order valence-electron chi connectivity index (χ1n) is 14.2. The Morgan fingerprint density at radius 3 is 2.58 bits per heavy atom. The van der Waals surface area contributed by atoms with Crippen molar-refractivity contribution in [1.29, 1.82) is 0 Å². The summed E-state index contributed by atoms with van der Waals surface area (Å²) in [7, 11) is 0. The summed E-state index contributed by atoms with van der Waals surface area (Å²) in [6, 6.07) is 22.4. The van der Waals surface area contributed by atoms with E-state index in [1.165, 1.54) is 6.42 Å². The first kappa shape index (κ1) is 26.2. The Bertz CT molecular complexity index is 1540. The molecular weight excluding hydrogens is 498 g/mol. The predicted molar refractivity (Wildman–Crippen MR) is 159 cm³/mol. The molecule has 0 spiro atoms. The van der Waals surface area contributed by atoms with Crippen molar-refractivity contribution >= 4 is 11.1 Å². The molecule has 3 aromatic carbocycles. The van der Waals surface area contributed by atoms with Gasteiger partial charge in [0.2, 0.25) is 0 Å². The number of nitrogens with zero attached hydrogens (tertiary/aromatic N) is 2. The minimum absolute atomic E-state index is 0.235. The molecule has 40 heavy (non-hydrogen) atoms. The number of fused-ring (bicyclic) bond motifs is 1. The molecule has 2 N–H and O–H groups in total. The number of benzene rings is 3. The fraction of sp³-hybridized carbons (Fsp3) is 0.324. The lowest BCUT2D eigenvalue weighted by Gasteiger charge is -2.31. The van der Waals surface area contributed by atoms with Crippen LogP contribution in [-0.4, -0.2) is 45.9 Å². The lowest BCUT2D eigenvalue weighted by Crippen LogP contribution is -2.35. The normalized spacial score (nSPS) is 19.8.